The van der Waals surface area contributed by atoms with Gasteiger partial charge in [-0.3, -0.25) is 4.79 Å². The molecule has 1 amide bonds. The number of ether oxygens (including phenoxy) is 1. The van der Waals surface area contributed by atoms with Gasteiger partial charge in [-0.1, -0.05) is 23.7 Å². The van der Waals surface area contributed by atoms with E-state index in [0.29, 0.717) is 16.4 Å². The maximum atomic E-state index is 12.9. The standard InChI is InChI=1S/C17H16ClF3N2O2/c1-23(2)14-8-7-11(18)9-13(14)22-16(24)10-25-15-6-4-3-5-12(15)17(19,20)21/h3-9H,10H2,1-2H3,(H,22,24). The van der Waals surface area contributed by atoms with Crippen LogP contribution in [0.1, 0.15) is 5.56 Å². The van der Waals surface area contributed by atoms with E-state index in [9.17, 15) is 18.0 Å². The number of nitrogens with zero attached hydrogens (tertiary/aromatic N) is 1. The van der Waals surface area contributed by atoms with E-state index < -0.39 is 30.0 Å². The lowest BCUT2D eigenvalue weighted by molar-refractivity contribution is -0.139. The molecule has 0 saturated carbocycles. The molecule has 0 fully saturated rings. The molecule has 0 spiro atoms. The SMILES string of the molecule is CN(C)c1ccc(Cl)cc1NC(=O)COc1ccccc1C(F)(F)F. The third-order valence-electron chi connectivity index (χ3n) is 3.27. The quantitative estimate of drug-likeness (QED) is 0.843. The van der Waals surface area contributed by atoms with E-state index >= 15 is 0 Å². The largest absolute Gasteiger partial charge is 0.483 e. The summed E-state index contributed by atoms with van der Waals surface area (Å²) in [6.45, 7) is -0.563. The highest BCUT2D eigenvalue weighted by Gasteiger charge is 2.34. The fraction of sp³-hybridized carbons (Fsp3) is 0.235. The summed E-state index contributed by atoms with van der Waals surface area (Å²) < 4.78 is 43.8. The number of carbonyl (C=O) groups excluding carboxylic acids is 1. The molecule has 0 aliphatic rings. The molecule has 0 heterocycles. The zero-order valence-corrected chi connectivity index (χ0v) is 14.3. The molecule has 0 aliphatic heterocycles. The van der Waals surface area contributed by atoms with Crippen LogP contribution in [-0.4, -0.2) is 26.6 Å². The van der Waals surface area contributed by atoms with Crippen molar-refractivity contribution in [2.24, 2.45) is 0 Å². The number of nitrogens with one attached hydrogen (secondary N) is 1. The summed E-state index contributed by atoms with van der Waals surface area (Å²) in [5, 5.41) is 3.01. The maximum absolute atomic E-state index is 12.9. The average Bonchev–Trinajstić information content (AvgIpc) is 2.52. The number of anilines is 2. The van der Waals surface area contributed by atoms with Gasteiger partial charge in [-0.2, -0.15) is 13.2 Å². The Hall–Kier alpha value is -2.41. The summed E-state index contributed by atoms with van der Waals surface area (Å²) in [5.74, 6) is -0.994. The van der Waals surface area contributed by atoms with Crippen molar-refractivity contribution >= 4 is 28.9 Å². The van der Waals surface area contributed by atoms with Crippen LogP contribution in [0, 0.1) is 0 Å². The van der Waals surface area contributed by atoms with Crippen LogP contribution in [-0.2, 0) is 11.0 Å². The number of halogens is 4. The van der Waals surface area contributed by atoms with Crippen molar-refractivity contribution in [3.8, 4) is 5.75 Å². The summed E-state index contributed by atoms with van der Waals surface area (Å²) in [7, 11) is 3.57. The van der Waals surface area contributed by atoms with E-state index in [4.69, 9.17) is 16.3 Å². The summed E-state index contributed by atoms with van der Waals surface area (Å²) in [6.07, 6.45) is -4.56. The van der Waals surface area contributed by atoms with E-state index in [0.717, 1.165) is 6.07 Å². The molecule has 134 valence electrons. The average molecular weight is 373 g/mol. The van der Waals surface area contributed by atoms with E-state index in [-0.39, 0.29) is 0 Å². The topological polar surface area (TPSA) is 41.6 Å². The second-order valence-electron chi connectivity index (χ2n) is 5.39. The Morgan fingerprint density at radius 2 is 1.88 bits per heavy atom. The molecule has 0 aliphatic carbocycles. The van der Waals surface area contributed by atoms with Gasteiger partial charge in [0.15, 0.2) is 6.61 Å². The minimum absolute atomic E-state index is 0.399. The molecule has 0 saturated heterocycles. The maximum Gasteiger partial charge on any atom is 0.419 e. The Balaban J connectivity index is 2.09. The normalized spacial score (nSPS) is 11.1. The highest BCUT2D eigenvalue weighted by atomic mass is 35.5. The van der Waals surface area contributed by atoms with Crippen LogP contribution in [0.3, 0.4) is 0 Å². The number of alkyl halides is 3. The number of carbonyl (C=O) groups is 1. The molecule has 2 rings (SSSR count). The van der Waals surface area contributed by atoms with Crippen LogP contribution in [0.2, 0.25) is 5.02 Å². The fourth-order valence-corrected chi connectivity index (χ4v) is 2.33. The van der Waals surface area contributed by atoms with Crippen molar-refractivity contribution in [3.05, 3.63) is 53.1 Å². The Morgan fingerprint density at radius 1 is 1.20 bits per heavy atom. The molecule has 8 heteroatoms. The van der Waals surface area contributed by atoms with Gasteiger partial charge in [0.25, 0.3) is 5.91 Å². The number of benzene rings is 2. The highest BCUT2D eigenvalue weighted by molar-refractivity contribution is 6.31. The first kappa shape index (κ1) is 18.9. The van der Waals surface area contributed by atoms with Gasteiger partial charge in [-0.15, -0.1) is 0 Å². The van der Waals surface area contributed by atoms with Crippen LogP contribution >= 0.6 is 11.6 Å². The minimum atomic E-state index is -4.56. The lowest BCUT2D eigenvalue weighted by Crippen LogP contribution is -2.23. The minimum Gasteiger partial charge on any atom is -0.483 e. The van der Waals surface area contributed by atoms with Crippen molar-refractivity contribution in [1.29, 1.82) is 0 Å². The third kappa shape index (κ3) is 5.03. The van der Waals surface area contributed by atoms with E-state index in [1.807, 2.05) is 0 Å². The summed E-state index contributed by atoms with van der Waals surface area (Å²) in [4.78, 5) is 13.8. The molecular formula is C17H16ClF3N2O2. The molecule has 1 N–H and O–H groups in total. The smallest absolute Gasteiger partial charge is 0.419 e. The molecule has 2 aromatic rings. The number of amides is 1. The van der Waals surface area contributed by atoms with Gasteiger partial charge in [-0.25, -0.2) is 0 Å². The van der Waals surface area contributed by atoms with Crippen molar-refractivity contribution in [2.45, 2.75) is 6.18 Å². The molecule has 0 bridgehead atoms. The predicted molar refractivity (Wildman–Crippen MR) is 91.3 cm³/mol. The number of para-hydroxylation sites is 1. The van der Waals surface area contributed by atoms with Gasteiger partial charge in [0, 0.05) is 19.1 Å². The first-order chi connectivity index (χ1) is 11.7. The first-order valence-corrected chi connectivity index (χ1v) is 7.62. The van der Waals surface area contributed by atoms with E-state index in [1.165, 1.54) is 18.2 Å². The zero-order chi connectivity index (χ0) is 18.6. The van der Waals surface area contributed by atoms with Crippen molar-refractivity contribution < 1.29 is 22.7 Å². The molecule has 0 aromatic heterocycles. The predicted octanol–water partition coefficient (Wildman–Crippen LogP) is 4.44. The van der Waals surface area contributed by atoms with Crippen molar-refractivity contribution in [1.82, 2.24) is 0 Å². The van der Waals surface area contributed by atoms with Gasteiger partial charge < -0.3 is 15.0 Å². The van der Waals surface area contributed by atoms with Gasteiger partial charge >= 0.3 is 6.18 Å². The van der Waals surface area contributed by atoms with Crippen LogP contribution in [0.5, 0.6) is 5.75 Å². The van der Waals surface area contributed by atoms with Crippen LogP contribution in [0.25, 0.3) is 0 Å². The first-order valence-electron chi connectivity index (χ1n) is 7.24. The second-order valence-corrected chi connectivity index (χ2v) is 5.82. The summed E-state index contributed by atoms with van der Waals surface area (Å²) in [5.41, 5.74) is 0.211. The fourth-order valence-electron chi connectivity index (χ4n) is 2.15. The molecule has 0 radical (unpaired) electrons. The lowest BCUT2D eigenvalue weighted by atomic mass is 10.2. The van der Waals surface area contributed by atoms with Crippen molar-refractivity contribution in [3.63, 3.8) is 0 Å². The molecule has 25 heavy (non-hydrogen) atoms. The second kappa shape index (κ2) is 7.65. The van der Waals surface area contributed by atoms with Crippen LogP contribution in [0.4, 0.5) is 24.5 Å². The third-order valence-corrected chi connectivity index (χ3v) is 3.50. The van der Waals surface area contributed by atoms with Crippen molar-refractivity contribution in [2.75, 3.05) is 30.9 Å². The zero-order valence-electron chi connectivity index (χ0n) is 13.5. The Kier molecular flexibility index (Phi) is 5.79. The molecule has 0 unspecified atom stereocenters. The lowest BCUT2D eigenvalue weighted by Gasteiger charge is -2.18. The van der Waals surface area contributed by atoms with E-state index in [2.05, 4.69) is 5.32 Å². The molecular weight excluding hydrogens is 357 g/mol. The molecule has 4 nitrogen and oxygen atoms in total. The van der Waals surface area contributed by atoms with Crippen LogP contribution in [0.15, 0.2) is 42.5 Å². The summed E-state index contributed by atoms with van der Waals surface area (Å²) >= 11 is 5.92. The van der Waals surface area contributed by atoms with Gasteiger partial charge in [-0.05, 0) is 30.3 Å². The summed E-state index contributed by atoms with van der Waals surface area (Å²) in [6, 6.07) is 9.67. The molecule has 2 aromatic carbocycles. The number of hydrogen-bond donors (Lipinski definition) is 1. The van der Waals surface area contributed by atoms with Crippen LogP contribution < -0.4 is 15.0 Å². The Labute approximate surface area is 148 Å². The van der Waals surface area contributed by atoms with E-state index in [1.54, 1.807) is 37.2 Å². The Morgan fingerprint density at radius 3 is 2.52 bits per heavy atom. The molecule has 0 atom stereocenters. The van der Waals surface area contributed by atoms with Gasteiger partial charge in [0.1, 0.15) is 5.75 Å². The van der Waals surface area contributed by atoms with Gasteiger partial charge in [0.2, 0.25) is 0 Å². The number of hydrogen-bond acceptors (Lipinski definition) is 3. The highest BCUT2D eigenvalue weighted by Crippen LogP contribution is 2.36. The Bertz CT molecular complexity index is 764. The monoisotopic (exact) mass is 372 g/mol. The number of rotatable bonds is 5. The van der Waals surface area contributed by atoms with Gasteiger partial charge in [0.05, 0.1) is 16.9 Å².